The van der Waals surface area contributed by atoms with Gasteiger partial charge in [0.2, 0.25) is 0 Å². The van der Waals surface area contributed by atoms with E-state index in [1.165, 1.54) is 11.1 Å². The van der Waals surface area contributed by atoms with E-state index in [0.29, 0.717) is 25.0 Å². The van der Waals surface area contributed by atoms with E-state index in [1.807, 2.05) is 0 Å². The summed E-state index contributed by atoms with van der Waals surface area (Å²) < 4.78 is 0. The fourth-order valence-corrected chi connectivity index (χ4v) is 3.41. The number of nitrogens with one attached hydrogen (secondary N) is 1. The van der Waals surface area contributed by atoms with Gasteiger partial charge in [0.25, 0.3) is 0 Å². The van der Waals surface area contributed by atoms with Crippen LogP contribution in [0.1, 0.15) is 36.4 Å². The number of hydrogen-bond acceptors (Lipinski definition) is 3. The molecule has 1 saturated carbocycles. The maximum absolute atomic E-state index is 10.3. The van der Waals surface area contributed by atoms with Crippen molar-refractivity contribution in [2.75, 3.05) is 13.1 Å². The van der Waals surface area contributed by atoms with Crippen LogP contribution in [0.4, 0.5) is 0 Å². The van der Waals surface area contributed by atoms with Gasteiger partial charge in [-0.3, -0.25) is 0 Å². The summed E-state index contributed by atoms with van der Waals surface area (Å²) in [6, 6.07) is 9.03. The number of aliphatic hydroxyl groups is 1. The molecule has 2 aliphatic carbocycles. The van der Waals surface area contributed by atoms with E-state index >= 15 is 0 Å². The molecule has 0 bridgehead atoms. The molecule has 3 rings (SSSR count). The van der Waals surface area contributed by atoms with Gasteiger partial charge >= 0.3 is 0 Å². The van der Waals surface area contributed by atoms with Gasteiger partial charge in [-0.25, -0.2) is 0 Å². The van der Waals surface area contributed by atoms with Gasteiger partial charge in [-0.15, -0.1) is 0 Å². The largest absolute Gasteiger partial charge is 0.389 e. The van der Waals surface area contributed by atoms with E-state index in [0.717, 1.165) is 25.7 Å². The Morgan fingerprint density at radius 1 is 1.33 bits per heavy atom. The summed E-state index contributed by atoms with van der Waals surface area (Å²) >= 11 is 0. The summed E-state index contributed by atoms with van der Waals surface area (Å²) in [7, 11) is 0. The molecule has 0 aliphatic heterocycles. The van der Waals surface area contributed by atoms with Gasteiger partial charge in [0, 0.05) is 12.6 Å². The van der Waals surface area contributed by atoms with Gasteiger partial charge in [0.05, 0.1) is 5.60 Å². The van der Waals surface area contributed by atoms with Gasteiger partial charge in [0.15, 0.2) is 0 Å². The summed E-state index contributed by atoms with van der Waals surface area (Å²) in [5.41, 5.74) is 7.96. The first kappa shape index (κ1) is 12.2. The third-order valence-corrected chi connectivity index (χ3v) is 4.48. The Kier molecular flexibility index (Phi) is 3.14. The quantitative estimate of drug-likeness (QED) is 0.752. The Bertz CT molecular complexity index is 426. The second-order valence-electron chi connectivity index (χ2n) is 5.91. The molecule has 0 amide bonds. The Labute approximate surface area is 108 Å². The zero-order chi connectivity index (χ0) is 12.6. The van der Waals surface area contributed by atoms with E-state index in [1.54, 1.807) is 0 Å². The molecule has 18 heavy (non-hydrogen) atoms. The van der Waals surface area contributed by atoms with Crippen molar-refractivity contribution < 1.29 is 5.11 Å². The molecule has 98 valence electrons. The zero-order valence-electron chi connectivity index (χ0n) is 10.7. The third kappa shape index (κ3) is 2.18. The first-order chi connectivity index (χ1) is 8.70. The van der Waals surface area contributed by atoms with Crippen LogP contribution < -0.4 is 11.1 Å². The average Bonchev–Trinajstić information content (AvgIpc) is 2.76. The zero-order valence-corrected chi connectivity index (χ0v) is 10.7. The molecule has 2 aliphatic rings. The average molecular weight is 246 g/mol. The van der Waals surface area contributed by atoms with Crippen molar-refractivity contribution in [1.29, 1.82) is 0 Å². The molecule has 1 unspecified atom stereocenters. The Hall–Kier alpha value is -0.900. The van der Waals surface area contributed by atoms with Crippen LogP contribution in [0.5, 0.6) is 0 Å². The maximum atomic E-state index is 10.3. The predicted molar refractivity (Wildman–Crippen MR) is 72.2 cm³/mol. The summed E-state index contributed by atoms with van der Waals surface area (Å²) in [6.07, 6.45) is 4.00. The molecule has 3 heteroatoms. The van der Waals surface area contributed by atoms with Gasteiger partial charge in [-0.2, -0.15) is 0 Å². The van der Waals surface area contributed by atoms with Crippen molar-refractivity contribution in [3.8, 4) is 0 Å². The van der Waals surface area contributed by atoms with Crippen molar-refractivity contribution >= 4 is 0 Å². The molecule has 4 N–H and O–H groups in total. The van der Waals surface area contributed by atoms with E-state index in [4.69, 9.17) is 5.73 Å². The van der Waals surface area contributed by atoms with Crippen LogP contribution >= 0.6 is 0 Å². The van der Waals surface area contributed by atoms with Crippen LogP contribution in [-0.2, 0) is 6.42 Å². The number of nitrogens with two attached hydrogens (primary N) is 1. The normalized spacial score (nSPS) is 34.1. The summed E-state index contributed by atoms with van der Waals surface area (Å²) in [5.74, 6) is 0.521. The lowest BCUT2D eigenvalue weighted by atomic mass is 9.71. The van der Waals surface area contributed by atoms with Gasteiger partial charge in [-0.1, -0.05) is 24.3 Å². The standard InChI is InChI=1S/C15H22N2O/c16-9-11-7-15(18,8-11)10-17-14-6-5-12-3-1-2-4-13(12)14/h1-4,11,14,17-18H,5-10,16H2. The number of fused-ring (bicyclic) bond motifs is 1. The second-order valence-corrected chi connectivity index (χ2v) is 5.91. The minimum absolute atomic E-state index is 0.419. The van der Waals surface area contributed by atoms with Crippen LogP contribution in [0.3, 0.4) is 0 Å². The highest BCUT2D eigenvalue weighted by atomic mass is 16.3. The van der Waals surface area contributed by atoms with Crippen LogP contribution in [0, 0.1) is 5.92 Å². The molecule has 0 aromatic heterocycles. The first-order valence-corrected chi connectivity index (χ1v) is 6.94. The molecule has 0 saturated heterocycles. The lowest BCUT2D eigenvalue weighted by Gasteiger charge is -2.44. The lowest BCUT2D eigenvalue weighted by Crippen LogP contribution is -2.53. The maximum Gasteiger partial charge on any atom is 0.0778 e. The summed E-state index contributed by atoms with van der Waals surface area (Å²) in [4.78, 5) is 0. The minimum atomic E-state index is -0.512. The van der Waals surface area contributed by atoms with E-state index in [-0.39, 0.29) is 0 Å². The van der Waals surface area contributed by atoms with Crippen LogP contribution in [0.2, 0.25) is 0 Å². The highest BCUT2D eigenvalue weighted by Crippen LogP contribution is 2.38. The number of benzene rings is 1. The van der Waals surface area contributed by atoms with E-state index in [2.05, 4.69) is 29.6 Å². The summed E-state index contributed by atoms with van der Waals surface area (Å²) in [5, 5.41) is 13.8. The topological polar surface area (TPSA) is 58.3 Å². The number of aryl methyl sites for hydroxylation is 1. The van der Waals surface area contributed by atoms with Crippen LogP contribution in [0.25, 0.3) is 0 Å². The van der Waals surface area contributed by atoms with Crippen LogP contribution in [-0.4, -0.2) is 23.8 Å². The smallest absolute Gasteiger partial charge is 0.0778 e. The molecule has 1 aromatic rings. The minimum Gasteiger partial charge on any atom is -0.389 e. The summed E-state index contributed by atoms with van der Waals surface area (Å²) in [6.45, 7) is 1.40. The molecule has 1 aromatic carbocycles. The highest BCUT2D eigenvalue weighted by Gasteiger charge is 2.42. The molecule has 3 nitrogen and oxygen atoms in total. The molecular formula is C15H22N2O. The van der Waals surface area contributed by atoms with Crippen LogP contribution in [0.15, 0.2) is 24.3 Å². The Morgan fingerprint density at radius 2 is 2.11 bits per heavy atom. The molecule has 0 heterocycles. The Balaban J connectivity index is 1.56. The molecular weight excluding hydrogens is 224 g/mol. The van der Waals surface area contributed by atoms with E-state index in [9.17, 15) is 5.11 Å². The molecule has 0 spiro atoms. The fourth-order valence-electron chi connectivity index (χ4n) is 3.41. The van der Waals surface area contributed by atoms with Crippen molar-refractivity contribution in [3.63, 3.8) is 0 Å². The fraction of sp³-hybridized carbons (Fsp3) is 0.600. The van der Waals surface area contributed by atoms with Crippen molar-refractivity contribution in [3.05, 3.63) is 35.4 Å². The van der Waals surface area contributed by atoms with Gasteiger partial charge < -0.3 is 16.2 Å². The molecule has 0 radical (unpaired) electrons. The lowest BCUT2D eigenvalue weighted by molar-refractivity contribution is -0.0695. The number of hydrogen-bond donors (Lipinski definition) is 3. The monoisotopic (exact) mass is 246 g/mol. The van der Waals surface area contributed by atoms with Crippen molar-refractivity contribution in [1.82, 2.24) is 5.32 Å². The predicted octanol–water partition coefficient (Wildman–Crippen LogP) is 1.36. The number of rotatable bonds is 4. The van der Waals surface area contributed by atoms with Crippen molar-refractivity contribution in [2.45, 2.75) is 37.3 Å². The molecule has 1 fully saturated rings. The third-order valence-electron chi connectivity index (χ3n) is 4.48. The Morgan fingerprint density at radius 3 is 2.89 bits per heavy atom. The molecule has 1 atom stereocenters. The van der Waals surface area contributed by atoms with Gasteiger partial charge in [0.1, 0.15) is 0 Å². The van der Waals surface area contributed by atoms with Crippen molar-refractivity contribution in [2.24, 2.45) is 11.7 Å². The first-order valence-electron chi connectivity index (χ1n) is 6.94. The van der Waals surface area contributed by atoms with E-state index < -0.39 is 5.60 Å². The second kappa shape index (κ2) is 4.65. The SMILES string of the molecule is NCC1CC(O)(CNC2CCc3ccccc32)C1. The van der Waals surface area contributed by atoms with Gasteiger partial charge in [-0.05, 0) is 49.3 Å². The highest BCUT2D eigenvalue weighted by molar-refractivity contribution is 5.34.